The second kappa shape index (κ2) is 5.33. The summed E-state index contributed by atoms with van der Waals surface area (Å²) in [6, 6.07) is 0.298. The van der Waals surface area contributed by atoms with E-state index in [4.69, 9.17) is 5.02 Å². The largest absolute Gasteiger partial charge is 0.454 e. The Morgan fingerprint density at radius 1 is 1.47 bits per heavy atom. The van der Waals surface area contributed by atoms with Crippen LogP contribution in [0.1, 0.15) is 40.0 Å². The zero-order chi connectivity index (χ0) is 11.5. The molecule has 1 aliphatic rings. The number of likely N-dealkylation sites (tertiary alicyclic amines) is 1. The maximum atomic E-state index is 9.69. The molecule has 0 aliphatic carbocycles. The molecule has 0 aromatic rings. The van der Waals surface area contributed by atoms with Crippen molar-refractivity contribution in [3.8, 4) is 0 Å². The molecule has 2 N–H and O–H groups in total. The van der Waals surface area contributed by atoms with Gasteiger partial charge in [-0.25, -0.2) is 0 Å². The van der Waals surface area contributed by atoms with E-state index in [0.717, 1.165) is 25.8 Å². The van der Waals surface area contributed by atoms with E-state index in [1.165, 1.54) is 7.48 Å². The van der Waals surface area contributed by atoms with Crippen LogP contribution in [0.4, 0.5) is 0 Å². The molecule has 0 aromatic carbocycles. The van der Waals surface area contributed by atoms with Gasteiger partial charge in [0.05, 0.1) is 6.10 Å². The highest BCUT2D eigenvalue weighted by Crippen LogP contribution is 2.31. The first-order valence-corrected chi connectivity index (χ1v) is 5.92. The second-order valence-electron chi connectivity index (χ2n) is 5.18. The summed E-state index contributed by atoms with van der Waals surface area (Å²) >= 11 is 0. The summed E-state index contributed by atoms with van der Waals surface area (Å²) in [5.41, 5.74) is 0.125. The van der Waals surface area contributed by atoms with Gasteiger partial charge in [0, 0.05) is 18.1 Å². The van der Waals surface area contributed by atoms with Crippen LogP contribution in [0.15, 0.2) is 0 Å². The Labute approximate surface area is 93.8 Å². The Morgan fingerprint density at radius 3 is 2.67 bits per heavy atom. The van der Waals surface area contributed by atoms with Gasteiger partial charge in [-0.05, 0) is 33.0 Å². The Kier molecular flexibility index (Phi) is 4.62. The quantitative estimate of drug-likeness (QED) is 0.669. The van der Waals surface area contributed by atoms with Crippen molar-refractivity contribution in [3.63, 3.8) is 0 Å². The summed E-state index contributed by atoms with van der Waals surface area (Å²) in [4.78, 5) is 2.34. The molecule has 2 unspecified atom stereocenters. The number of β-amino-alcohol motifs (C(OH)–C–C–N with tert-alkyl or cyclic N) is 1. The van der Waals surface area contributed by atoms with Crippen LogP contribution in [-0.2, 0) is 0 Å². The lowest BCUT2D eigenvalue weighted by atomic mass is 9.86. The first-order valence-electron chi connectivity index (χ1n) is 5.92. The highest BCUT2D eigenvalue weighted by molar-refractivity contribution is 6.25. The zero-order valence-electron chi connectivity index (χ0n) is 10.1. The van der Waals surface area contributed by atoms with Crippen LogP contribution in [-0.4, -0.2) is 46.7 Å². The first-order chi connectivity index (χ1) is 7.01. The van der Waals surface area contributed by atoms with Crippen LogP contribution < -0.4 is 0 Å². The summed E-state index contributed by atoms with van der Waals surface area (Å²) < 4.78 is 0. The van der Waals surface area contributed by atoms with Crippen molar-refractivity contribution in [2.45, 2.75) is 64.0 Å². The van der Waals surface area contributed by atoms with Crippen molar-refractivity contribution in [2.75, 3.05) is 6.54 Å². The third-order valence-electron chi connectivity index (χ3n) is 3.41. The van der Waals surface area contributed by atoms with Gasteiger partial charge in [0.1, 0.15) is 0 Å². The number of hydrogen-bond donors (Lipinski definition) is 2. The Bertz CT molecular complexity index is 199. The van der Waals surface area contributed by atoms with Crippen LogP contribution in [0, 0.1) is 0 Å². The molecule has 0 aromatic heterocycles. The molecule has 4 heteroatoms. The summed E-state index contributed by atoms with van der Waals surface area (Å²) in [5, 5.41) is 18.6. The normalized spacial score (nSPS) is 28.3. The molecule has 15 heavy (non-hydrogen) atoms. The van der Waals surface area contributed by atoms with Gasteiger partial charge in [-0.2, -0.15) is 0 Å². The van der Waals surface area contributed by atoms with Crippen molar-refractivity contribution in [1.29, 1.82) is 0 Å². The highest BCUT2D eigenvalue weighted by atomic mass is 16.3. The van der Waals surface area contributed by atoms with E-state index in [9.17, 15) is 5.11 Å². The molecule has 3 nitrogen and oxygen atoms in total. The molecular weight excluding hydrogens is 189 g/mol. The predicted octanol–water partition coefficient (Wildman–Crippen LogP) is 1.03. The Hall–Kier alpha value is -0.0551. The molecule has 1 fully saturated rings. The number of nitrogens with zero attached hydrogens (tertiary/aromatic N) is 1. The van der Waals surface area contributed by atoms with Crippen LogP contribution >= 0.6 is 0 Å². The van der Waals surface area contributed by atoms with Crippen LogP contribution in [0.5, 0.6) is 0 Å². The van der Waals surface area contributed by atoms with E-state index >= 15 is 0 Å². The minimum atomic E-state index is -0.230. The smallest absolute Gasteiger partial charge is 0.288 e. The fraction of sp³-hybridized carbons (Fsp3) is 1.00. The molecule has 1 heterocycles. The zero-order valence-corrected chi connectivity index (χ0v) is 10.1. The SMILES string of the molecule is CCCC(C)(C)N1CC(O)CC1C[B]O. The molecular formula is C11H23BNO2. The molecule has 0 saturated carbocycles. The predicted molar refractivity (Wildman–Crippen MR) is 62.9 cm³/mol. The third-order valence-corrected chi connectivity index (χ3v) is 3.41. The standard InChI is InChI=1S/C11H23BNO2/c1-4-5-11(2,3)13-8-10(14)6-9(13)7-12-15/h9-10,14-15H,4-8H2,1-3H3. The lowest BCUT2D eigenvalue weighted by Crippen LogP contribution is -2.47. The molecule has 0 bridgehead atoms. The van der Waals surface area contributed by atoms with Gasteiger partial charge in [-0.15, -0.1) is 0 Å². The maximum Gasteiger partial charge on any atom is 0.288 e. The Balaban J connectivity index is 2.64. The van der Waals surface area contributed by atoms with Gasteiger partial charge in [0.25, 0.3) is 7.48 Å². The van der Waals surface area contributed by atoms with Crippen molar-refractivity contribution in [1.82, 2.24) is 4.90 Å². The van der Waals surface area contributed by atoms with Gasteiger partial charge < -0.3 is 10.1 Å². The van der Waals surface area contributed by atoms with Crippen LogP contribution in [0.3, 0.4) is 0 Å². The summed E-state index contributed by atoms with van der Waals surface area (Å²) in [6.07, 6.45) is 3.48. The number of hydrogen-bond acceptors (Lipinski definition) is 3. The number of rotatable bonds is 5. The van der Waals surface area contributed by atoms with E-state index in [-0.39, 0.29) is 11.6 Å². The fourth-order valence-corrected chi connectivity index (χ4v) is 2.73. The summed E-state index contributed by atoms with van der Waals surface area (Å²) in [5.74, 6) is 0. The molecule has 87 valence electrons. The average Bonchev–Trinajstić information content (AvgIpc) is 2.48. The molecule has 1 saturated heterocycles. The van der Waals surface area contributed by atoms with E-state index < -0.39 is 0 Å². The first kappa shape index (κ1) is 13.0. The lowest BCUT2D eigenvalue weighted by Gasteiger charge is -2.39. The van der Waals surface area contributed by atoms with Crippen molar-refractivity contribution in [3.05, 3.63) is 0 Å². The molecule has 0 spiro atoms. The van der Waals surface area contributed by atoms with Crippen molar-refractivity contribution >= 4 is 7.48 Å². The molecule has 1 rings (SSSR count). The van der Waals surface area contributed by atoms with Crippen molar-refractivity contribution in [2.24, 2.45) is 0 Å². The number of aliphatic hydroxyl groups is 1. The van der Waals surface area contributed by atoms with Gasteiger partial charge in [0.2, 0.25) is 0 Å². The second-order valence-corrected chi connectivity index (χ2v) is 5.18. The lowest BCUT2D eigenvalue weighted by molar-refractivity contribution is 0.0876. The summed E-state index contributed by atoms with van der Waals surface area (Å²) in [6.45, 7) is 7.37. The molecule has 0 amide bonds. The van der Waals surface area contributed by atoms with Crippen molar-refractivity contribution < 1.29 is 10.1 Å². The fourth-order valence-electron chi connectivity index (χ4n) is 2.73. The van der Waals surface area contributed by atoms with E-state index in [2.05, 4.69) is 25.7 Å². The topological polar surface area (TPSA) is 43.7 Å². The monoisotopic (exact) mass is 212 g/mol. The van der Waals surface area contributed by atoms with E-state index in [0.29, 0.717) is 12.4 Å². The van der Waals surface area contributed by atoms with Gasteiger partial charge >= 0.3 is 0 Å². The van der Waals surface area contributed by atoms with Gasteiger partial charge in [-0.1, -0.05) is 13.3 Å². The highest BCUT2D eigenvalue weighted by Gasteiger charge is 2.38. The maximum absolute atomic E-state index is 9.69. The Morgan fingerprint density at radius 2 is 2.13 bits per heavy atom. The van der Waals surface area contributed by atoms with E-state index in [1.807, 2.05) is 0 Å². The van der Waals surface area contributed by atoms with Crippen LogP contribution in [0.2, 0.25) is 6.32 Å². The van der Waals surface area contributed by atoms with E-state index in [1.54, 1.807) is 0 Å². The molecule has 2 atom stereocenters. The van der Waals surface area contributed by atoms with Gasteiger partial charge in [0.15, 0.2) is 0 Å². The minimum absolute atomic E-state index is 0.125. The molecule has 1 aliphatic heterocycles. The van der Waals surface area contributed by atoms with Crippen LogP contribution in [0.25, 0.3) is 0 Å². The molecule has 1 radical (unpaired) electrons. The van der Waals surface area contributed by atoms with Gasteiger partial charge in [-0.3, -0.25) is 4.90 Å². The third kappa shape index (κ3) is 3.20. The minimum Gasteiger partial charge on any atom is -0.454 e. The number of aliphatic hydroxyl groups excluding tert-OH is 1. The summed E-state index contributed by atoms with van der Waals surface area (Å²) in [7, 11) is 1.22. The average molecular weight is 212 g/mol.